The second-order valence-electron chi connectivity index (χ2n) is 2.01. The van der Waals surface area contributed by atoms with Gasteiger partial charge in [0.2, 0.25) is 0 Å². The monoisotopic (exact) mass is 156 g/mol. The van der Waals surface area contributed by atoms with Crippen molar-refractivity contribution in [3.05, 3.63) is 23.5 Å². The molecular weight excluding hydrogens is 136 g/mol. The van der Waals surface area contributed by atoms with Crippen LogP contribution >= 0.6 is 0 Å². The summed E-state index contributed by atoms with van der Waals surface area (Å²) in [4.78, 5) is 0. The minimum absolute atomic E-state index is 0.784. The highest BCUT2D eigenvalue weighted by Gasteiger charge is 1.79. The maximum Gasteiger partial charge on any atom is 0.00783 e. The minimum Gasteiger partial charge on any atom is -0.402 e. The predicted molar refractivity (Wildman–Crippen MR) is 51.9 cm³/mol. The first-order chi connectivity index (χ1) is 5.16. The Kier molecular flexibility index (Phi) is 10.5. The van der Waals surface area contributed by atoms with Crippen molar-refractivity contribution in [3.63, 3.8) is 0 Å². The maximum atomic E-state index is 5.48. The number of nitrogens with two attached hydrogens (primary N) is 2. The molecule has 0 atom stereocenters. The van der Waals surface area contributed by atoms with Gasteiger partial charge in [0.15, 0.2) is 0 Å². The van der Waals surface area contributed by atoms with E-state index in [0.717, 1.165) is 17.8 Å². The van der Waals surface area contributed by atoms with Crippen molar-refractivity contribution >= 4 is 0 Å². The second kappa shape index (κ2) is 9.08. The van der Waals surface area contributed by atoms with Crippen LogP contribution in [0.4, 0.5) is 0 Å². The van der Waals surface area contributed by atoms with Crippen LogP contribution in [0.3, 0.4) is 0 Å². The summed E-state index contributed by atoms with van der Waals surface area (Å²) in [5, 5.41) is 0. The van der Waals surface area contributed by atoms with E-state index < -0.39 is 0 Å². The Hall–Kier alpha value is -0.920. The predicted octanol–water partition coefficient (Wildman–Crippen LogP) is 2.13. The van der Waals surface area contributed by atoms with Crippen molar-refractivity contribution in [1.82, 2.24) is 0 Å². The van der Waals surface area contributed by atoms with Crippen LogP contribution in [-0.2, 0) is 0 Å². The Morgan fingerprint density at radius 2 is 1.64 bits per heavy atom. The Morgan fingerprint density at radius 1 is 1.18 bits per heavy atom. The topological polar surface area (TPSA) is 52.0 Å². The number of allylic oxidation sites excluding steroid dienone is 4. The summed E-state index contributed by atoms with van der Waals surface area (Å²) >= 11 is 0. The molecule has 11 heavy (non-hydrogen) atoms. The summed E-state index contributed by atoms with van der Waals surface area (Å²) in [6.45, 7) is 7.84. The molecule has 0 aromatic heterocycles. The van der Waals surface area contributed by atoms with Gasteiger partial charge < -0.3 is 11.5 Å². The Bertz CT molecular complexity index is 130. The van der Waals surface area contributed by atoms with Gasteiger partial charge in [-0.05, 0) is 25.5 Å². The van der Waals surface area contributed by atoms with E-state index in [1.54, 1.807) is 6.08 Å². The first-order valence-corrected chi connectivity index (χ1v) is 4.05. The number of hydrogen-bond acceptors (Lipinski definition) is 2. The van der Waals surface area contributed by atoms with E-state index in [9.17, 15) is 0 Å². The summed E-state index contributed by atoms with van der Waals surface area (Å²) in [5.74, 6) is 0. The standard InChI is InChI=1S/C7H14N2.C2H6/c1-3-7(9)5-4-6(2)8;1-2/h4-5H,3,8-9H2,1-2H3;1-2H3/b6-4-,7-5-;. The lowest BCUT2D eigenvalue weighted by Crippen LogP contribution is -1.94. The largest absolute Gasteiger partial charge is 0.402 e. The first kappa shape index (κ1) is 12.7. The zero-order valence-electron chi connectivity index (χ0n) is 8.02. The highest BCUT2D eigenvalue weighted by Crippen LogP contribution is 1.91. The first-order valence-electron chi connectivity index (χ1n) is 4.05. The van der Waals surface area contributed by atoms with Crippen molar-refractivity contribution in [3.8, 4) is 0 Å². The van der Waals surface area contributed by atoms with E-state index in [0.29, 0.717) is 0 Å². The zero-order chi connectivity index (χ0) is 9.28. The lowest BCUT2D eigenvalue weighted by atomic mass is 10.3. The minimum atomic E-state index is 0.784. The average Bonchev–Trinajstić information content (AvgIpc) is 2.04. The van der Waals surface area contributed by atoms with E-state index >= 15 is 0 Å². The lowest BCUT2D eigenvalue weighted by molar-refractivity contribution is 1.07. The molecule has 0 saturated heterocycles. The van der Waals surface area contributed by atoms with Crippen molar-refractivity contribution in [1.29, 1.82) is 0 Å². The molecule has 0 rings (SSSR count). The molecular formula is C9H20N2. The molecule has 0 spiro atoms. The molecule has 0 unspecified atom stereocenters. The molecule has 4 N–H and O–H groups in total. The van der Waals surface area contributed by atoms with Gasteiger partial charge >= 0.3 is 0 Å². The molecule has 0 aliphatic rings. The van der Waals surface area contributed by atoms with Gasteiger partial charge in [0.25, 0.3) is 0 Å². The molecule has 66 valence electrons. The van der Waals surface area contributed by atoms with Crippen LogP contribution in [-0.4, -0.2) is 0 Å². The lowest BCUT2D eigenvalue weighted by Gasteiger charge is -1.90. The zero-order valence-corrected chi connectivity index (χ0v) is 8.02. The highest BCUT2D eigenvalue weighted by molar-refractivity contribution is 5.12. The van der Waals surface area contributed by atoms with Crippen LogP contribution in [0.1, 0.15) is 34.1 Å². The molecule has 2 nitrogen and oxygen atoms in total. The van der Waals surface area contributed by atoms with Crippen molar-refractivity contribution in [2.45, 2.75) is 34.1 Å². The highest BCUT2D eigenvalue weighted by atomic mass is 14.6. The van der Waals surface area contributed by atoms with Crippen LogP contribution in [0.15, 0.2) is 23.5 Å². The van der Waals surface area contributed by atoms with Crippen LogP contribution in [0.25, 0.3) is 0 Å². The molecule has 0 saturated carbocycles. The quantitative estimate of drug-likeness (QED) is 0.602. The SMILES string of the molecule is CC.CC/C(N)=C/C=C(/C)N. The van der Waals surface area contributed by atoms with Gasteiger partial charge in [0.1, 0.15) is 0 Å². The van der Waals surface area contributed by atoms with E-state index in [1.165, 1.54) is 0 Å². The molecule has 0 heterocycles. The molecule has 0 aromatic carbocycles. The molecule has 0 aromatic rings. The van der Waals surface area contributed by atoms with Gasteiger partial charge in [-0.15, -0.1) is 0 Å². The summed E-state index contributed by atoms with van der Waals surface area (Å²) in [6, 6.07) is 0. The maximum absolute atomic E-state index is 5.48. The van der Waals surface area contributed by atoms with Crippen molar-refractivity contribution < 1.29 is 0 Å². The van der Waals surface area contributed by atoms with Crippen LogP contribution in [0, 0.1) is 0 Å². The fraction of sp³-hybridized carbons (Fsp3) is 0.556. The Balaban J connectivity index is 0. The van der Waals surface area contributed by atoms with Crippen molar-refractivity contribution in [2.75, 3.05) is 0 Å². The third-order valence-corrected chi connectivity index (χ3v) is 0.969. The van der Waals surface area contributed by atoms with Gasteiger partial charge in [-0.25, -0.2) is 0 Å². The third kappa shape index (κ3) is 12.3. The second-order valence-corrected chi connectivity index (χ2v) is 2.01. The van der Waals surface area contributed by atoms with Crippen LogP contribution < -0.4 is 11.5 Å². The smallest absolute Gasteiger partial charge is 0.00783 e. The molecule has 0 amide bonds. The summed E-state index contributed by atoms with van der Waals surface area (Å²) in [6.07, 6.45) is 4.51. The van der Waals surface area contributed by atoms with Gasteiger partial charge in [-0.3, -0.25) is 0 Å². The van der Waals surface area contributed by atoms with E-state index in [4.69, 9.17) is 11.5 Å². The molecule has 0 aliphatic heterocycles. The van der Waals surface area contributed by atoms with E-state index in [2.05, 4.69) is 0 Å². The summed E-state index contributed by atoms with van der Waals surface area (Å²) in [7, 11) is 0. The third-order valence-electron chi connectivity index (χ3n) is 0.969. The van der Waals surface area contributed by atoms with E-state index in [1.807, 2.05) is 33.8 Å². The Labute approximate surface area is 70.0 Å². The number of rotatable bonds is 2. The fourth-order valence-corrected chi connectivity index (χ4v) is 0.356. The normalized spacial score (nSPS) is 12.0. The van der Waals surface area contributed by atoms with Crippen LogP contribution in [0.5, 0.6) is 0 Å². The summed E-state index contributed by atoms with van der Waals surface area (Å²) < 4.78 is 0. The van der Waals surface area contributed by atoms with Crippen LogP contribution in [0.2, 0.25) is 0 Å². The Morgan fingerprint density at radius 3 is 1.91 bits per heavy atom. The molecule has 0 fully saturated rings. The van der Waals surface area contributed by atoms with E-state index in [-0.39, 0.29) is 0 Å². The van der Waals surface area contributed by atoms with Gasteiger partial charge in [-0.1, -0.05) is 20.8 Å². The fourth-order valence-electron chi connectivity index (χ4n) is 0.356. The van der Waals surface area contributed by atoms with Crippen molar-refractivity contribution in [2.24, 2.45) is 11.5 Å². The van der Waals surface area contributed by atoms with Gasteiger partial charge in [-0.2, -0.15) is 0 Å². The average molecular weight is 156 g/mol. The van der Waals surface area contributed by atoms with Gasteiger partial charge in [0.05, 0.1) is 0 Å². The molecule has 0 bridgehead atoms. The molecule has 2 heteroatoms. The molecule has 0 aliphatic carbocycles. The molecule has 0 radical (unpaired) electrons. The van der Waals surface area contributed by atoms with Gasteiger partial charge in [0, 0.05) is 11.4 Å². The number of hydrogen-bond donors (Lipinski definition) is 2. The summed E-state index contributed by atoms with van der Waals surface area (Å²) in [5.41, 5.74) is 12.5.